The summed E-state index contributed by atoms with van der Waals surface area (Å²) in [5.41, 5.74) is 1.03. The summed E-state index contributed by atoms with van der Waals surface area (Å²) < 4.78 is 26.2. The molecule has 96 valence electrons. The highest BCUT2D eigenvalue weighted by atomic mass is 32.2. The third kappa shape index (κ3) is 4.74. The molecule has 4 heteroatoms. The Bertz CT molecular complexity index is 536. The van der Waals surface area contributed by atoms with Gasteiger partial charge in [-0.1, -0.05) is 29.8 Å². The van der Waals surface area contributed by atoms with Crippen molar-refractivity contribution in [1.82, 2.24) is 4.72 Å². The molecule has 0 saturated heterocycles. The number of hydrogen-bond acceptors (Lipinski definition) is 2. The lowest BCUT2D eigenvalue weighted by molar-refractivity contribution is 0.585. The molecule has 0 amide bonds. The van der Waals surface area contributed by atoms with E-state index in [0.29, 0.717) is 6.42 Å². The molecule has 1 N–H and O–H groups in total. The van der Waals surface area contributed by atoms with Gasteiger partial charge in [0.2, 0.25) is 10.0 Å². The van der Waals surface area contributed by atoms with Crippen LogP contribution in [0.25, 0.3) is 0 Å². The molecule has 3 nitrogen and oxygen atoms in total. The molecule has 1 rings (SSSR count). The number of terminal acetylenes is 1. The quantitative estimate of drug-likeness (QED) is 0.486. The molecule has 0 atom stereocenters. The third-order valence-electron chi connectivity index (χ3n) is 2.34. The summed E-state index contributed by atoms with van der Waals surface area (Å²) in [4.78, 5) is 0.283. The molecule has 0 heterocycles. The van der Waals surface area contributed by atoms with Crippen LogP contribution in [-0.2, 0) is 10.0 Å². The first kappa shape index (κ1) is 14.5. The Morgan fingerprint density at radius 3 is 2.56 bits per heavy atom. The maximum atomic E-state index is 11.9. The van der Waals surface area contributed by atoms with Crippen LogP contribution in [0.1, 0.15) is 18.4 Å². The Balaban J connectivity index is 2.53. The van der Waals surface area contributed by atoms with E-state index in [1.807, 2.05) is 13.0 Å². The third-order valence-corrected chi connectivity index (χ3v) is 3.78. The molecular formula is C14H17NO2S. The van der Waals surface area contributed by atoms with E-state index in [9.17, 15) is 8.42 Å². The van der Waals surface area contributed by atoms with Gasteiger partial charge in [-0.05, 0) is 25.5 Å². The standard InChI is InChI=1S/C14H17NO2S/c1-3-4-5-6-7-12-15-18(16,17)14-10-8-13(2)9-11-14/h1,6-11,15H,4-5,12H2,2H3/b7-6-. The van der Waals surface area contributed by atoms with E-state index in [1.54, 1.807) is 30.3 Å². The average Bonchev–Trinajstić information content (AvgIpc) is 2.34. The molecule has 0 aliphatic rings. The minimum Gasteiger partial charge on any atom is -0.207 e. The van der Waals surface area contributed by atoms with Crippen molar-refractivity contribution in [3.8, 4) is 12.3 Å². The first-order chi connectivity index (χ1) is 8.56. The van der Waals surface area contributed by atoms with Gasteiger partial charge < -0.3 is 0 Å². The van der Waals surface area contributed by atoms with Gasteiger partial charge in [-0.25, -0.2) is 13.1 Å². The maximum absolute atomic E-state index is 11.9. The zero-order chi connectivity index (χ0) is 13.4. The molecule has 0 saturated carbocycles. The second-order valence-corrected chi connectivity index (χ2v) is 5.65. The lowest BCUT2D eigenvalue weighted by Crippen LogP contribution is -2.23. The number of allylic oxidation sites excluding steroid dienone is 1. The Hall–Kier alpha value is -1.57. The van der Waals surface area contributed by atoms with Crippen LogP contribution in [-0.4, -0.2) is 15.0 Å². The highest BCUT2D eigenvalue weighted by Crippen LogP contribution is 2.09. The summed E-state index contributed by atoms with van der Waals surface area (Å²) >= 11 is 0. The van der Waals surface area contributed by atoms with Gasteiger partial charge in [0.05, 0.1) is 4.90 Å². The van der Waals surface area contributed by atoms with Gasteiger partial charge >= 0.3 is 0 Å². The van der Waals surface area contributed by atoms with Crippen LogP contribution >= 0.6 is 0 Å². The van der Waals surface area contributed by atoms with Crippen molar-refractivity contribution in [1.29, 1.82) is 0 Å². The summed E-state index contributed by atoms with van der Waals surface area (Å²) in [5.74, 6) is 2.52. The molecule has 1 aromatic rings. The van der Waals surface area contributed by atoms with Crippen molar-refractivity contribution in [3.63, 3.8) is 0 Å². The number of hydrogen-bond donors (Lipinski definition) is 1. The van der Waals surface area contributed by atoms with Gasteiger partial charge in [-0.3, -0.25) is 0 Å². The number of sulfonamides is 1. The Morgan fingerprint density at radius 1 is 1.28 bits per heavy atom. The molecule has 0 bridgehead atoms. The second-order valence-electron chi connectivity index (χ2n) is 3.88. The highest BCUT2D eigenvalue weighted by Gasteiger charge is 2.11. The predicted molar refractivity (Wildman–Crippen MR) is 73.6 cm³/mol. The summed E-state index contributed by atoms with van der Waals surface area (Å²) in [5, 5.41) is 0. The van der Waals surface area contributed by atoms with Crippen LogP contribution in [0.3, 0.4) is 0 Å². The minimum atomic E-state index is -3.41. The van der Waals surface area contributed by atoms with Crippen LogP contribution in [0.2, 0.25) is 0 Å². The lowest BCUT2D eigenvalue weighted by Gasteiger charge is -2.04. The maximum Gasteiger partial charge on any atom is 0.240 e. The molecule has 0 fully saturated rings. The Morgan fingerprint density at radius 2 is 1.94 bits per heavy atom. The molecule has 0 aliphatic carbocycles. The van der Waals surface area contributed by atoms with Gasteiger partial charge in [0.1, 0.15) is 0 Å². The monoisotopic (exact) mass is 263 g/mol. The van der Waals surface area contributed by atoms with Crippen LogP contribution in [0.4, 0.5) is 0 Å². The SMILES string of the molecule is C#CCC/C=C\CNS(=O)(=O)c1ccc(C)cc1. The minimum absolute atomic E-state index is 0.279. The van der Waals surface area contributed by atoms with Crippen molar-refractivity contribution in [3.05, 3.63) is 42.0 Å². The molecule has 0 unspecified atom stereocenters. The van der Waals surface area contributed by atoms with E-state index >= 15 is 0 Å². The first-order valence-electron chi connectivity index (χ1n) is 5.71. The smallest absolute Gasteiger partial charge is 0.207 e. The van der Waals surface area contributed by atoms with Crippen molar-refractivity contribution in [2.75, 3.05) is 6.54 Å². The number of nitrogens with one attached hydrogen (secondary N) is 1. The van der Waals surface area contributed by atoms with Crippen LogP contribution in [0.15, 0.2) is 41.3 Å². The van der Waals surface area contributed by atoms with E-state index in [1.165, 1.54) is 0 Å². The Labute approximate surface area is 109 Å². The molecule has 1 aromatic carbocycles. The van der Waals surface area contributed by atoms with Crippen molar-refractivity contribution >= 4 is 10.0 Å². The molecule has 18 heavy (non-hydrogen) atoms. The van der Waals surface area contributed by atoms with Gasteiger partial charge in [-0.15, -0.1) is 12.3 Å². The van der Waals surface area contributed by atoms with Crippen LogP contribution in [0, 0.1) is 19.3 Å². The van der Waals surface area contributed by atoms with Crippen LogP contribution < -0.4 is 4.72 Å². The van der Waals surface area contributed by atoms with Gasteiger partial charge in [-0.2, -0.15) is 0 Å². The summed E-state index contributed by atoms with van der Waals surface area (Å²) in [6.07, 6.45) is 10.2. The lowest BCUT2D eigenvalue weighted by atomic mass is 10.2. The summed E-state index contributed by atoms with van der Waals surface area (Å²) in [6, 6.07) is 6.74. The largest absolute Gasteiger partial charge is 0.240 e. The average molecular weight is 263 g/mol. The fourth-order valence-corrected chi connectivity index (χ4v) is 2.30. The molecule has 0 radical (unpaired) electrons. The van der Waals surface area contributed by atoms with Gasteiger partial charge in [0, 0.05) is 13.0 Å². The zero-order valence-electron chi connectivity index (χ0n) is 10.4. The number of aryl methyl sites for hydroxylation is 1. The summed E-state index contributed by atoms with van der Waals surface area (Å²) in [6.45, 7) is 2.19. The van der Waals surface area contributed by atoms with Gasteiger partial charge in [0.25, 0.3) is 0 Å². The van der Waals surface area contributed by atoms with E-state index < -0.39 is 10.0 Å². The fourth-order valence-electron chi connectivity index (χ4n) is 1.33. The summed E-state index contributed by atoms with van der Waals surface area (Å²) in [7, 11) is -3.41. The normalized spacial score (nSPS) is 11.6. The number of benzene rings is 1. The van der Waals surface area contributed by atoms with Crippen molar-refractivity contribution < 1.29 is 8.42 Å². The molecule has 0 aromatic heterocycles. The zero-order valence-corrected chi connectivity index (χ0v) is 11.2. The van der Waals surface area contributed by atoms with E-state index in [4.69, 9.17) is 6.42 Å². The molecule has 0 spiro atoms. The predicted octanol–water partition coefficient (Wildman–Crippen LogP) is 2.24. The Kier molecular flexibility index (Phi) is 5.63. The first-order valence-corrected chi connectivity index (χ1v) is 7.19. The second kappa shape index (κ2) is 7.00. The van der Waals surface area contributed by atoms with E-state index in [0.717, 1.165) is 12.0 Å². The van der Waals surface area contributed by atoms with E-state index in [-0.39, 0.29) is 11.4 Å². The fraction of sp³-hybridized carbons (Fsp3) is 0.286. The van der Waals surface area contributed by atoms with Crippen molar-refractivity contribution in [2.45, 2.75) is 24.7 Å². The van der Waals surface area contributed by atoms with E-state index in [2.05, 4.69) is 10.6 Å². The topological polar surface area (TPSA) is 46.2 Å². The van der Waals surface area contributed by atoms with Gasteiger partial charge in [0.15, 0.2) is 0 Å². The molecule has 0 aliphatic heterocycles. The molecular weight excluding hydrogens is 246 g/mol. The number of unbranched alkanes of at least 4 members (excludes halogenated alkanes) is 1. The van der Waals surface area contributed by atoms with Crippen LogP contribution in [0.5, 0.6) is 0 Å². The highest BCUT2D eigenvalue weighted by molar-refractivity contribution is 7.89. The number of rotatable bonds is 6. The van der Waals surface area contributed by atoms with Crippen molar-refractivity contribution in [2.24, 2.45) is 0 Å².